The van der Waals surface area contributed by atoms with Gasteiger partial charge in [0.1, 0.15) is 11.5 Å². The molecule has 0 atom stereocenters. The normalized spacial score (nSPS) is 10.5. The number of halogens is 2. The minimum atomic E-state index is -0.975. The second-order valence-electron chi connectivity index (χ2n) is 6.58. The first-order chi connectivity index (χ1) is 16.3. The van der Waals surface area contributed by atoms with Crippen molar-refractivity contribution in [3.63, 3.8) is 0 Å². The van der Waals surface area contributed by atoms with Crippen molar-refractivity contribution in [2.24, 2.45) is 5.10 Å². The van der Waals surface area contributed by atoms with E-state index < -0.39 is 23.6 Å². The summed E-state index contributed by atoms with van der Waals surface area (Å²) in [5, 5.41) is 11.4. The van der Waals surface area contributed by atoms with Crippen LogP contribution in [0.4, 0.5) is 11.4 Å². The molecule has 0 saturated carbocycles. The van der Waals surface area contributed by atoms with Gasteiger partial charge in [0.2, 0.25) is 0 Å². The van der Waals surface area contributed by atoms with Crippen molar-refractivity contribution in [1.82, 2.24) is 10.7 Å². The summed E-state index contributed by atoms with van der Waals surface area (Å²) in [5.41, 5.74) is 2.90. The number of furan rings is 1. The molecule has 4 amide bonds. The van der Waals surface area contributed by atoms with Crippen molar-refractivity contribution < 1.29 is 23.6 Å². The molecule has 3 aromatic rings. The van der Waals surface area contributed by atoms with E-state index in [1.165, 1.54) is 18.3 Å². The number of rotatable bonds is 6. The van der Waals surface area contributed by atoms with Crippen molar-refractivity contribution in [1.29, 1.82) is 0 Å². The van der Waals surface area contributed by atoms with Crippen LogP contribution in [0.1, 0.15) is 11.5 Å². The zero-order valence-corrected chi connectivity index (χ0v) is 19.6. The van der Waals surface area contributed by atoms with Crippen molar-refractivity contribution in [3.8, 4) is 0 Å². The van der Waals surface area contributed by atoms with Gasteiger partial charge in [-0.25, -0.2) is 5.43 Å². The number of carbonyl (C=O) groups is 4. The molecule has 0 aliphatic heterocycles. The van der Waals surface area contributed by atoms with E-state index in [0.717, 1.165) is 0 Å². The number of hydrazone groups is 1. The summed E-state index contributed by atoms with van der Waals surface area (Å²) in [4.78, 5) is 47.7. The zero-order chi connectivity index (χ0) is 24.5. The Morgan fingerprint density at radius 3 is 2.44 bits per heavy atom. The number of amides is 4. The first kappa shape index (κ1) is 24.7. The van der Waals surface area contributed by atoms with Gasteiger partial charge in [0.15, 0.2) is 0 Å². The third-order valence-electron chi connectivity index (χ3n) is 4.08. The number of nitrogens with zero attached hydrogens (tertiary/aromatic N) is 1. The Labute approximate surface area is 206 Å². The molecule has 0 aliphatic rings. The maximum Gasteiger partial charge on any atom is 0.329 e. The van der Waals surface area contributed by atoms with Crippen LogP contribution in [-0.4, -0.2) is 29.8 Å². The van der Waals surface area contributed by atoms with Crippen LogP contribution in [0.3, 0.4) is 0 Å². The van der Waals surface area contributed by atoms with Crippen LogP contribution in [0.15, 0.2) is 74.7 Å². The molecule has 4 N–H and O–H groups in total. The van der Waals surface area contributed by atoms with Gasteiger partial charge in [-0.1, -0.05) is 29.8 Å². The monoisotopic (exact) mass is 545 g/mol. The molecule has 3 rings (SSSR count). The predicted octanol–water partition coefficient (Wildman–Crippen LogP) is 3.04. The average molecular weight is 547 g/mol. The lowest BCUT2D eigenvalue weighted by atomic mass is 10.3. The van der Waals surface area contributed by atoms with Crippen LogP contribution in [0.2, 0.25) is 5.02 Å². The molecule has 0 radical (unpaired) electrons. The second-order valence-corrected chi connectivity index (χ2v) is 7.88. The SMILES string of the molecule is O=C(NCc1ccc(/C=N/NC(=O)C(=O)Nc2ccccc2Br)o1)C(=O)Nc1cccc(Cl)c1. The van der Waals surface area contributed by atoms with Crippen molar-refractivity contribution in [3.05, 3.63) is 81.7 Å². The average Bonchev–Trinajstić information content (AvgIpc) is 3.26. The topological polar surface area (TPSA) is 142 Å². The number of para-hydroxylation sites is 1. The van der Waals surface area contributed by atoms with Gasteiger partial charge in [0, 0.05) is 15.2 Å². The third kappa shape index (κ3) is 7.29. The lowest BCUT2D eigenvalue weighted by Crippen LogP contribution is -2.34. The number of hydrogen-bond donors (Lipinski definition) is 4. The molecule has 2 aromatic carbocycles. The molecule has 0 unspecified atom stereocenters. The highest BCUT2D eigenvalue weighted by molar-refractivity contribution is 9.10. The standard InChI is InChI=1S/C22H17BrClN5O5/c23-17-6-1-2-7-18(17)28-21(32)22(33)29-26-12-16-9-8-15(34-16)11-25-19(30)20(31)27-14-5-3-4-13(24)10-14/h1-10,12H,11H2,(H,25,30)(H,27,31)(H,28,32)(H,29,33)/b26-12+. The summed E-state index contributed by atoms with van der Waals surface area (Å²) in [6, 6.07) is 16.3. The molecule has 10 nitrogen and oxygen atoms in total. The molecule has 174 valence electrons. The fraction of sp³-hybridized carbons (Fsp3) is 0.0455. The van der Waals surface area contributed by atoms with Crippen LogP contribution in [0.5, 0.6) is 0 Å². The number of carbonyl (C=O) groups excluding carboxylic acids is 4. The van der Waals surface area contributed by atoms with Gasteiger partial charge in [-0.2, -0.15) is 5.10 Å². The lowest BCUT2D eigenvalue weighted by Gasteiger charge is -2.05. The van der Waals surface area contributed by atoms with Crippen LogP contribution < -0.4 is 21.4 Å². The molecular formula is C22H17BrClN5O5. The fourth-order valence-electron chi connectivity index (χ4n) is 2.51. The van der Waals surface area contributed by atoms with E-state index in [0.29, 0.717) is 26.6 Å². The summed E-state index contributed by atoms with van der Waals surface area (Å²) in [5.74, 6) is -3.02. The first-order valence-electron chi connectivity index (χ1n) is 9.64. The molecule has 1 aromatic heterocycles. The molecule has 34 heavy (non-hydrogen) atoms. The van der Waals surface area contributed by atoms with E-state index in [4.69, 9.17) is 16.0 Å². The van der Waals surface area contributed by atoms with Crippen LogP contribution >= 0.6 is 27.5 Å². The number of benzene rings is 2. The second kappa shape index (κ2) is 11.8. The molecule has 0 spiro atoms. The molecular weight excluding hydrogens is 530 g/mol. The van der Waals surface area contributed by atoms with E-state index in [-0.39, 0.29) is 12.3 Å². The molecule has 0 bridgehead atoms. The maximum atomic E-state index is 12.0. The lowest BCUT2D eigenvalue weighted by molar-refractivity contribution is -0.136. The Bertz CT molecular complexity index is 1260. The number of nitrogens with one attached hydrogen (secondary N) is 4. The molecule has 0 aliphatic carbocycles. The highest BCUT2D eigenvalue weighted by Gasteiger charge is 2.15. The maximum absolute atomic E-state index is 12.0. The number of anilines is 2. The first-order valence-corrected chi connectivity index (χ1v) is 10.8. The van der Waals surface area contributed by atoms with Crippen LogP contribution in [-0.2, 0) is 25.7 Å². The van der Waals surface area contributed by atoms with Gasteiger partial charge in [-0.3, -0.25) is 19.2 Å². The zero-order valence-electron chi connectivity index (χ0n) is 17.3. The smallest absolute Gasteiger partial charge is 0.329 e. The highest BCUT2D eigenvalue weighted by atomic mass is 79.9. The van der Waals surface area contributed by atoms with E-state index in [1.807, 2.05) is 0 Å². The summed E-state index contributed by atoms with van der Waals surface area (Å²) < 4.78 is 6.05. The minimum Gasteiger partial charge on any atom is -0.458 e. The van der Waals surface area contributed by atoms with Crippen LogP contribution in [0.25, 0.3) is 0 Å². The van der Waals surface area contributed by atoms with Crippen molar-refractivity contribution in [2.45, 2.75) is 6.54 Å². The highest BCUT2D eigenvalue weighted by Crippen LogP contribution is 2.20. The predicted molar refractivity (Wildman–Crippen MR) is 129 cm³/mol. The molecule has 1 heterocycles. The molecule has 0 fully saturated rings. The Kier molecular flexibility index (Phi) is 8.54. The van der Waals surface area contributed by atoms with E-state index in [2.05, 4.69) is 42.4 Å². The Morgan fingerprint density at radius 2 is 1.68 bits per heavy atom. The summed E-state index contributed by atoms with van der Waals surface area (Å²) in [7, 11) is 0. The largest absolute Gasteiger partial charge is 0.458 e. The fourth-order valence-corrected chi connectivity index (χ4v) is 3.08. The molecule has 0 saturated heterocycles. The van der Waals surface area contributed by atoms with Gasteiger partial charge in [0.05, 0.1) is 18.4 Å². The Hall–Kier alpha value is -3.96. The number of hydrogen-bond acceptors (Lipinski definition) is 6. The van der Waals surface area contributed by atoms with Gasteiger partial charge in [0.25, 0.3) is 0 Å². The minimum absolute atomic E-state index is 0.0592. The summed E-state index contributed by atoms with van der Waals surface area (Å²) in [6.45, 7) is -0.0592. The Balaban J connectivity index is 1.44. The summed E-state index contributed by atoms with van der Waals surface area (Å²) >= 11 is 9.10. The van der Waals surface area contributed by atoms with Crippen molar-refractivity contribution in [2.75, 3.05) is 10.6 Å². The van der Waals surface area contributed by atoms with Crippen LogP contribution in [0, 0.1) is 0 Å². The van der Waals surface area contributed by atoms with Gasteiger partial charge in [-0.05, 0) is 58.4 Å². The third-order valence-corrected chi connectivity index (χ3v) is 5.01. The van der Waals surface area contributed by atoms with Crippen molar-refractivity contribution >= 4 is 68.7 Å². The van der Waals surface area contributed by atoms with Gasteiger partial charge in [-0.15, -0.1) is 0 Å². The van der Waals surface area contributed by atoms with Gasteiger partial charge >= 0.3 is 23.6 Å². The Morgan fingerprint density at radius 1 is 0.912 bits per heavy atom. The molecule has 12 heteroatoms. The van der Waals surface area contributed by atoms with E-state index in [9.17, 15) is 19.2 Å². The summed E-state index contributed by atoms with van der Waals surface area (Å²) in [6.07, 6.45) is 1.18. The van der Waals surface area contributed by atoms with E-state index in [1.54, 1.807) is 48.5 Å². The van der Waals surface area contributed by atoms with Gasteiger partial charge < -0.3 is 20.4 Å². The van der Waals surface area contributed by atoms with E-state index >= 15 is 0 Å². The quantitative estimate of drug-likeness (QED) is 0.214.